The smallest absolute Gasteiger partial charge is 0.274 e. The van der Waals surface area contributed by atoms with Gasteiger partial charge in [-0.05, 0) is 48.6 Å². The van der Waals surface area contributed by atoms with Gasteiger partial charge in [-0.25, -0.2) is 4.90 Å². The average molecular weight is 348 g/mol. The number of imide groups is 1. The first-order valence-corrected chi connectivity index (χ1v) is 9.12. The van der Waals surface area contributed by atoms with Crippen molar-refractivity contribution in [2.24, 2.45) is 35.5 Å². The van der Waals surface area contributed by atoms with E-state index in [4.69, 9.17) is 0 Å². The Kier molecular flexibility index (Phi) is 2.49. The van der Waals surface area contributed by atoms with Gasteiger partial charge in [0.1, 0.15) is 0 Å². The number of carbonyl (C=O) groups excluding carboxylic acids is 2. The summed E-state index contributed by atoms with van der Waals surface area (Å²) in [5.41, 5.74) is 0.480. The van der Waals surface area contributed by atoms with Crippen molar-refractivity contribution in [2.45, 2.75) is 12.8 Å². The van der Waals surface area contributed by atoms with E-state index in [1.807, 2.05) is 0 Å². The van der Waals surface area contributed by atoms with Crippen LogP contribution >= 0.6 is 0 Å². The standard InChI is InChI=1S/C20H16N2O4/c23-19-17-13-8-14(12-7-11(12)13)18(17)20(24)21(19)15-5-6-16(22(25)26)10-4-2-1-3-9(10)15/h1-6,11-14,17-18H,7-8H2/t11-,12+,13+,14-,17-,18+. The second kappa shape index (κ2) is 4.50. The number of hydrogen-bond acceptors (Lipinski definition) is 4. The molecule has 3 aliphatic carbocycles. The summed E-state index contributed by atoms with van der Waals surface area (Å²) in [6, 6.07) is 9.88. The van der Waals surface area contributed by atoms with Crippen LogP contribution in [0, 0.1) is 45.6 Å². The van der Waals surface area contributed by atoms with Gasteiger partial charge < -0.3 is 0 Å². The molecule has 3 saturated carbocycles. The quantitative estimate of drug-likeness (QED) is 0.474. The highest BCUT2D eigenvalue weighted by Gasteiger charge is 2.72. The molecule has 6 rings (SSSR count). The number of nitro benzene ring substituents is 1. The highest BCUT2D eigenvalue weighted by atomic mass is 16.6. The van der Waals surface area contributed by atoms with Crippen LogP contribution in [0.1, 0.15) is 12.8 Å². The van der Waals surface area contributed by atoms with Gasteiger partial charge in [-0.3, -0.25) is 19.7 Å². The molecule has 0 unspecified atom stereocenters. The molecule has 0 spiro atoms. The van der Waals surface area contributed by atoms with Crippen LogP contribution in [0.3, 0.4) is 0 Å². The van der Waals surface area contributed by atoms with Crippen LogP contribution in [0.15, 0.2) is 36.4 Å². The third kappa shape index (κ3) is 1.54. The Labute approximate surface area is 148 Å². The van der Waals surface area contributed by atoms with Crippen molar-refractivity contribution in [1.82, 2.24) is 0 Å². The van der Waals surface area contributed by atoms with Gasteiger partial charge in [-0.15, -0.1) is 0 Å². The first-order valence-electron chi connectivity index (χ1n) is 9.12. The fourth-order valence-corrected chi connectivity index (χ4v) is 6.18. The Morgan fingerprint density at radius 2 is 1.42 bits per heavy atom. The van der Waals surface area contributed by atoms with E-state index in [1.54, 1.807) is 30.3 Å². The zero-order chi connectivity index (χ0) is 17.7. The molecular weight excluding hydrogens is 332 g/mol. The largest absolute Gasteiger partial charge is 0.277 e. The number of amides is 2. The van der Waals surface area contributed by atoms with Gasteiger partial charge in [0.25, 0.3) is 5.69 Å². The number of rotatable bonds is 2. The Hall–Kier alpha value is -2.76. The highest BCUT2D eigenvalue weighted by Crippen LogP contribution is 2.71. The zero-order valence-corrected chi connectivity index (χ0v) is 13.9. The van der Waals surface area contributed by atoms with E-state index in [-0.39, 0.29) is 29.3 Å². The molecule has 130 valence electrons. The maximum Gasteiger partial charge on any atom is 0.277 e. The lowest BCUT2D eigenvalue weighted by Crippen LogP contribution is -2.33. The van der Waals surface area contributed by atoms with Crippen molar-refractivity contribution in [1.29, 1.82) is 0 Å². The molecular formula is C20H16N2O4. The second-order valence-corrected chi connectivity index (χ2v) is 8.10. The third-order valence-corrected chi connectivity index (χ3v) is 7.17. The maximum atomic E-state index is 13.2. The lowest BCUT2D eigenvalue weighted by Gasteiger charge is -2.20. The zero-order valence-electron chi connectivity index (χ0n) is 13.9. The molecule has 1 saturated heterocycles. The molecule has 0 aromatic heterocycles. The predicted octanol–water partition coefficient (Wildman–Crippen LogP) is 3.14. The molecule has 1 aliphatic heterocycles. The Balaban J connectivity index is 1.50. The first kappa shape index (κ1) is 14.4. The fourth-order valence-electron chi connectivity index (χ4n) is 6.18. The summed E-state index contributed by atoms with van der Waals surface area (Å²) >= 11 is 0. The van der Waals surface area contributed by atoms with Crippen LogP contribution in [0.25, 0.3) is 10.8 Å². The van der Waals surface area contributed by atoms with E-state index in [0.29, 0.717) is 40.1 Å². The molecule has 26 heavy (non-hydrogen) atoms. The molecule has 2 aromatic rings. The summed E-state index contributed by atoms with van der Waals surface area (Å²) < 4.78 is 0. The molecule has 1 heterocycles. The monoisotopic (exact) mass is 348 g/mol. The number of anilines is 1. The Bertz CT molecular complexity index is 1000. The van der Waals surface area contributed by atoms with Gasteiger partial charge in [-0.1, -0.05) is 18.2 Å². The van der Waals surface area contributed by atoms with Gasteiger partial charge >= 0.3 is 0 Å². The lowest BCUT2D eigenvalue weighted by atomic mass is 9.81. The number of non-ortho nitro benzene ring substituents is 1. The maximum absolute atomic E-state index is 13.2. The number of nitrogens with zero attached hydrogens (tertiary/aromatic N) is 2. The minimum atomic E-state index is -0.428. The normalized spacial score (nSPS) is 36.5. The average Bonchev–Trinajstić information content (AvgIpc) is 3.15. The summed E-state index contributed by atoms with van der Waals surface area (Å²) in [5.74, 6) is 1.46. The third-order valence-electron chi connectivity index (χ3n) is 7.17. The van der Waals surface area contributed by atoms with E-state index in [1.165, 1.54) is 17.4 Å². The van der Waals surface area contributed by atoms with Crippen LogP contribution in [0.2, 0.25) is 0 Å². The molecule has 6 heteroatoms. The molecule has 2 amide bonds. The second-order valence-electron chi connectivity index (χ2n) is 8.10. The van der Waals surface area contributed by atoms with Crippen molar-refractivity contribution in [2.75, 3.05) is 4.90 Å². The number of nitro groups is 1. The minimum Gasteiger partial charge on any atom is -0.274 e. The molecule has 6 nitrogen and oxygen atoms in total. The molecule has 0 radical (unpaired) electrons. The minimum absolute atomic E-state index is 0.00930. The van der Waals surface area contributed by atoms with Gasteiger partial charge in [0, 0.05) is 11.5 Å². The van der Waals surface area contributed by atoms with E-state index in [0.717, 1.165) is 6.42 Å². The van der Waals surface area contributed by atoms with E-state index in [2.05, 4.69) is 0 Å². The van der Waals surface area contributed by atoms with Crippen LogP contribution in [-0.2, 0) is 9.59 Å². The van der Waals surface area contributed by atoms with Crippen molar-refractivity contribution in [3.63, 3.8) is 0 Å². The van der Waals surface area contributed by atoms with Gasteiger partial charge in [0.15, 0.2) is 0 Å². The highest BCUT2D eigenvalue weighted by molar-refractivity contribution is 6.25. The van der Waals surface area contributed by atoms with E-state index in [9.17, 15) is 19.7 Å². The molecule has 6 atom stereocenters. The first-order chi connectivity index (χ1) is 12.6. The van der Waals surface area contributed by atoms with Gasteiger partial charge in [0.05, 0.1) is 27.8 Å². The topological polar surface area (TPSA) is 80.5 Å². The number of fused-ring (bicyclic) bond motifs is 9. The predicted molar refractivity (Wildman–Crippen MR) is 93.3 cm³/mol. The van der Waals surface area contributed by atoms with Crippen LogP contribution in [-0.4, -0.2) is 16.7 Å². The van der Waals surface area contributed by atoms with Crippen molar-refractivity contribution < 1.29 is 14.5 Å². The molecule has 4 aliphatic rings. The van der Waals surface area contributed by atoms with E-state index < -0.39 is 4.92 Å². The molecule has 0 N–H and O–H groups in total. The fraction of sp³-hybridized carbons (Fsp3) is 0.400. The van der Waals surface area contributed by atoms with Gasteiger partial charge in [0.2, 0.25) is 11.8 Å². The lowest BCUT2D eigenvalue weighted by molar-refractivity contribution is -0.383. The SMILES string of the molecule is O=C1[C@@H]2[C@H]3C[C@H]([C@H]4C[C@H]43)[C@@H]2C(=O)N1c1ccc([N+](=O)[O-])c2ccccc12. The van der Waals surface area contributed by atoms with Crippen molar-refractivity contribution in [3.8, 4) is 0 Å². The van der Waals surface area contributed by atoms with Gasteiger partial charge in [-0.2, -0.15) is 0 Å². The summed E-state index contributed by atoms with van der Waals surface area (Å²) in [6.45, 7) is 0. The van der Waals surface area contributed by atoms with Crippen LogP contribution in [0.5, 0.6) is 0 Å². The van der Waals surface area contributed by atoms with Crippen molar-refractivity contribution >= 4 is 34.0 Å². The number of hydrogen-bond donors (Lipinski definition) is 0. The Morgan fingerprint density at radius 3 is 2.04 bits per heavy atom. The summed E-state index contributed by atoms with van der Waals surface area (Å²) in [6.07, 6.45) is 2.21. The summed E-state index contributed by atoms with van der Waals surface area (Å²) in [7, 11) is 0. The molecule has 2 aromatic carbocycles. The number of benzene rings is 2. The van der Waals surface area contributed by atoms with E-state index >= 15 is 0 Å². The summed E-state index contributed by atoms with van der Waals surface area (Å²) in [5, 5.41) is 12.4. The number of carbonyl (C=O) groups is 2. The van der Waals surface area contributed by atoms with Crippen molar-refractivity contribution in [3.05, 3.63) is 46.5 Å². The Morgan fingerprint density at radius 1 is 0.846 bits per heavy atom. The molecule has 2 bridgehead atoms. The van der Waals surface area contributed by atoms with Crippen LogP contribution < -0.4 is 4.90 Å². The summed E-state index contributed by atoms with van der Waals surface area (Å²) in [4.78, 5) is 38.6. The molecule has 4 fully saturated rings. The van der Waals surface area contributed by atoms with Crippen LogP contribution in [0.4, 0.5) is 11.4 Å².